The van der Waals surface area contributed by atoms with E-state index in [1.54, 1.807) is 12.3 Å². The maximum atomic E-state index is 8.76. The van der Waals surface area contributed by atoms with E-state index in [0.29, 0.717) is 12.3 Å². The lowest BCUT2D eigenvalue weighted by Crippen LogP contribution is -1.97. The third-order valence-electron chi connectivity index (χ3n) is 2.47. The monoisotopic (exact) mass is 302 g/mol. The molecule has 1 heterocycles. The maximum Gasteiger partial charge on any atom is 0.140 e. The second-order valence-corrected chi connectivity index (χ2v) is 4.72. The highest BCUT2D eigenvalue weighted by atomic mass is 79.9. The van der Waals surface area contributed by atoms with Crippen LogP contribution in [0.1, 0.15) is 16.8 Å². The van der Waals surface area contributed by atoms with E-state index in [1.807, 2.05) is 37.3 Å². The van der Waals surface area contributed by atoms with Crippen molar-refractivity contribution in [2.24, 2.45) is 0 Å². The van der Waals surface area contributed by atoms with Crippen molar-refractivity contribution in [3.8, 4) is 11.8 Å². The number of benzene rings is 1. The number of halogens is 1. The zero-order valence-electron chi connectivity index (χ0n) is 9.85. The lowest BCUT2D eigenvalue weighted by Gasteiger charge is -2.07. The Bertz CT molecular complexity index is 605. The average Bonchev–Trinajstić information content (AvgIpc) is 2.40. The molecule has 18 heavy (non-hydrogen) atoms. The number of rotatable bonds is 3. The van der Waals surface area contributed by atoms with Gasteiger partial charge in [-0.2, -0.15) is 5.26 Å². The number of nitriles is 1. The molecule has 3 nitrogen and oxygen atoms in total. The molecule has 90 valence electrons. The highest BCUT2D eigenvalue weighted by Crippen LogP contribution is 2.22. The Morgan fingerprint density at radius 2 is 2.17 bits per heavy atom. The van der Waals surface area contributed by atoms with Crippen molar-refractivity contribution in [2.75, 3.05) is 0 Å². The van der Waals surface area contributed by atoms with Gasteiger partial charge in [-0.1, -0.05) is 15.9 Å². The molecule has 0 unspecified atom stereocenters. The van der Waals surface area contributed by atoms with Crippen LogP contribution in [0.5, 0.6) is 5.75 Å². The van der Waals surface area contributed by atoms with Gasteiger partial charge >= 0.3 is 0 Å². The van der Waals surface area contributed by atoms with Gasteiger partial charge in [0.1, 0.15) is 24.1 Å². The van der Waals surface area contributed by atoms with E-state index >= 15 is 0 Å². The molecule has 1 aromatic carbocycles. The van der Waals surface area contributed by atoms with E-state index in [1.165, 1.54) is 0 Å². The first-order valence-electron chi connectivity index (χ1n) is 5.43. The Morgan fingerprint density at radius 3 is 2.89 bits per heavy atom. The molecular formula is C14H11BrN2O. The molecule has 1 aromatic heterocycles. The van der Waals surface area contributed by atoms with Gasteiger partial charge < -0.3 is 4.74 Å². The van der Waals surface area contributed by atoms with Crippen LogP contribution in [0.25, 0.3) is 0 Å². The summed E-state index contributed by atoms with van der Waals surface area (Å²) in [5, 5.41) is 8.76. The summed E-state index contributed by atoms with van der Waals surface area (Å²) in [5.41, 5.74) is 2.46. The van der Waals surface area contributed by atoms with Crippen LogP contribution in [0.15, 0.2) is 41.0 Å². The number of ether oxygens (including phenoxy) is 1. The largest absolute Gasteiger partial charge is 0.489 e. The number of nitrogens with zero attached hydrogens (tertiary/aromatic N) is 2. The Morgan fingerprint density at radius 1 is 1.33 bits per heavy atom. The molecule has 0 amide bonds. The zero-order valence-corrected chi connectivity index (χ0v) is 11.4. The van der Waals surface area contributed by atoms with Gasteiger partial charge in [0.2, 0.25) is 0 Å². The molecule has 0 aliphatic rings. The van der Waals surface area contributed by atoms with Crippen molar-refractivity contribution >= 4 is 15.9 Å². The minimum Gasteiger partial charge on any atom is -0.489 e. The maximum absolute atomic E-state index is 8.76. The molecule has 0 atom stereocenters. The van der Waals surface area contributed by atoms with Gasteiger partial charge in [0, 0.05) is 10.7 Å². The lowest BCUT2D eigenvalue weighted by atomic mass is 10.2. The zero-order chi connectivity index (χ0) is 13.0. The minimum absolute atomic E-state index is 0.406. The third-order valence-corrected chi connectivity index (χ3v) is 3.36. The van der Waals surface area contributed by atoms with Crippen LogP contribution in [-0.2, 0) is 6.61 Å². The fourth-order valence-corrected chi connectivity index (χ4v) is 1.75. The van der Waals surface area contributed by atoms with Crippen LogP contribution in [0.3, 0.4) is 0 Å². The van der Waals surface area contributed by atoms with Crippen LogP contribution >= 0.6 is 15.9 Å². The molecule has 2 rings (SSSR count). The number of aryl methyl sites for hydroxylation is 1. The number of pyridine rings is 1. The van der Waals surface area contributed by atoms with Gasteiger partial charge in [-0.3, -0.25) is 0 Å². The molecule has 0 fully saturated rings. The molecule has 0 N–H and O–H groups in total. The van der Waals surface area contributed by atoms with E-state index in [2.05, 4.69) is 20.9 Å². The van der Waals surface area contributed by atoms with Crippen LogP contribution in [-0.4, -0.2) is 4.98 Å². The fraction of sp³-hybridized carbons (Fsp3) is 0.143. The van der Waals surface area contributed by atoms with Gasteiger partial charge in [0.15, 0.2) is 0 Å². The van der Waals surface area contributed by atoms with Crippen molar-refractivity contribution in [3.05, 3.63) is 57.8 Å². The fourth-order valence-electron chi connectivity index (χ4n) is 1.50. The summed E-state index contributed by atoms with van der Waals surface area (Å²) < 4.78 is 6.73. The Labute approximate surface area is 114 Å². The van der Waals surface area contributed by atoms with Crippen molar-refractivity contribution in [2.45, 2.75) is 13.5 Å². The first kappa shape index (κ1) is 12.6. The van der Waals surface area contributed by atoms with Crippen molar-refractivity contribution in [3.63, 3.8) is 0 Å². The van der Waals surface area contributed by atoms with Crippen LogP contribution in [0.2, 0.25) is 0 Å². The first-order chi connectivity index (χ1) is 8.69. The summed E-state index contributed by atoms with van der Waals surface area (Å²) in [6, 6.07) is 11.4. The highest BCUT2D eigenvalue weighted by molar-refractivity contribution is 9.10. The molecule has 4 heteroatoms. The Hall–Kier alpha value is -1.86. The van der Waals surface area contributed by atoms with Crippen LogP contribution in [0.4, 0.5) is 0 Å². The summed E-state index contributed by atoms with van der Waals surface area (Å²) in [7, 11) is 0. The van der Waals surface area contributed by atoms with Gasteiger partial charge in [0.05, 0.1) is 0 Å². The van der Waals surface area contributed by atoms with Crippen molar-refractivity contribution in [1.29, 1.82) is 5.26 Å². The standard InChI is InChI=1S/C14H11BrN2O/c1-10-6-13(2-3-14(10)15)18-9-11-4-5-17-12(7-11)8-16/h2-7H,9H2,1H3. The molecule has 0 saturated heterocycles. The topological polar surface area (TPSA) is 45.9 Å². The summed E-state index contributed by atoms with van der Waals surface area (Å²) in [6.07, 6.45) is 1.62. The second-order valence-electron chi connectivity index (χ2n) is 3.86. The first-order valence-corrected chi connectivity index (χ1v) is 6.22. The predicted octanol–water partition coefficient (Wildman–Crippen LogP) is 3.60. The summed E-state index contributed by atoms with van der Waals surface area (Å²) in [4.78, 5) is 3.92. The normalized spacial score (nSPS) is 9.83. The average molecular weight is 303 g/mol. The minimum atomic E-state index is 0.406. The lowest BCUT2D eigenvalue weighted by molar-refractivity contribution is 0.306. The van der Waals surface area contributed by atoms with Crippen LogP contribution in [0, 0.1) is 18.3 Å². The smallest absolute Gasteiger partial charge is 0.140 e. The number of hydrogen-bond acceptors (Lipinski definition) is 3. The third kappa shape index (κ3) is 3.08. The van der Waals surface area contributed by atoms with Crippen LogP contribution < -0.4 is 4.74 Å². The van der Waals surface area contributed by atoms with Gasteiger partial charge in [-0.05, 0) is 48.4 Å². The molecule has 2 aromatic rings. The van der Waals surface area contributed by atoms with E-state index in [-0.39, 0.29) is 0 Å². The number of hydrogen-bond donors (Lipinski definition) is 0. The molecule has 0 radical (unpaired) electrons. The molecule has 0 saturated carbocycles. The highest BCUT2D eigenvalue weighted by Gasteiger charge is 2.00. The van der Waals surface area contributed by atoms with E-state index in [9.17, 15) is 0 Å². The Balaban J connectivity index is 2.07. The van der Waals surface area contributed by atoms with E-state index in [0.717, 1.165) is 21.3 Å². The van der Waals surface area contributed by atoms with E-state index < -0.39 is 0 Å². The van der Waals surface area contributed by atoms with Crippen molar-refractivity contribution in [1.82, 2.24) is 4.98 Å². The summed E-state index contributed by atoms with van der Waals surface area (Å²) in [5.74, 6) is 0.811. The SMILES string of the molecule is Cc1cc(OCc2ccnc(C#N)c2)ccc1Br. The quantitative estimate of drug-likeness (QED) is 0.870. The van der Waals surface area contributed by atoms with E-state index in [4.69, 9.17) is 10.00 Å². The van der Waals surface area contributed by atoms with Crippen molar-refractivity contribution < 1.29 is 4.74 Å². The second kappa shape index (κ2) is 5.65. The summed E-state index contributed by atoms with van der Waals surface area (Å²) >= 11 is 3.44. The molecular weight excluding hydrogens is 292 g/mol. The number of aromatic nitrogens is 1. The molecule has 0 aliphatic heterocycles. The molecule has 0 spiro atoms. The summed E-state index contributed by atoms with van der Waals surface area (Å²) in [6.45, 7) is 2.44. The van der Waals surface area contributed by atoms with Gasteiger partial charge in [-0.25, -0.2) is 4.98 Å². The van der Waals surface area contributed by atoms with Gasteiger partial charge in [0.25, 0.3) is 0 Å². The molecule has 0 aliphatic carbocycles. The van der Waals surface area contributed by atoms with Gasteiger partial charge in [-0.15, -0.1) is 0 Å². The molecule has 0 bridgehead atoms. The Kier molecular flexibility index (Phi) is 3.96. The predicted molar refractivity (Wildman–Crippen MR) is 72.2 cm³/mol.